The molecule has 1 heterocycles. The van der Waals surface area contributed by atoms with Crippen molar-refractivity contribution in [2.45, 2.75) is 32.0 Å². The first-order chi connectivity index (χ1) is 11.7. The van der Waals surface area contributed by atoms with Crippen LogP contribution in [0.15, 0.2) is 53.7 Å². The number of aryl methyl sites for hydroxylation is 2. The van der Waals surface area contributed by atoms with Crippen molar-refractivity contribution in [2.75, 3.05) is 11.1 Å². The third-order valence-electron chi connectivity index (χ3n) is 3.91. The van der Waals surface area contributed by atoms with E-state index in [0.29, 0.717) is 5.75 Å². The molecule has 0 saturated carbocycles. The van der Waals surface area contributed by atoms with Gasteiger partial charge in [0.2, 0.25) is 5.91 Å². The summed E-state index contributed by atoms with van der Waals surface area (Å²) in [6.07, 6.45) is 0.997. The van der Waals surface area contributed by atoms with Crippen molar-refractivity contribution in [2.24, 2.45) is 0 Å². The van der Waals surface area contributed by atoms with Gasteiger partial charge in [-0.3, -0.25) is 4.79 Å². The molecule has 1 amide bonds. The number of aromatic nitrogens is 2. The van der Waals surface area contributed by atoms with Crippen LogP contribution in [-0.2, 0) is 17.8 Å². The molecule has 24 heavy (non-hydrogen) atoms. The number of anilines is 1. The summed E-state index contributed by atoms with van der Waals surface area (Å²) in [6.45, 7) is 5.04. The molecule has 0 saturated heterocycles. The van der Waals surface area contributed by atoms with Crippen LogP contribution in [0.2, 0.25) is 0 Å². The Hall–Kier alpha value is -2.27. The van der Waals surface area contributed by atoms with Gasteiger partial charge in [0.15, 0.2) is 5.16 Å². The lowest BCUT2D eigenvalue weighted by molar-refractivity contribution is -0.113. The summed E-state index contributed by atoms with van der Waals surface area (Å²) in [4.78, 5) is 16.8. The van der Waals surface area contributed by atoms with Crippen LogP contribution in [0.4, 0.5) is 5.69 Å². The molecule has 0 bridgehead atoms. The smallest absolute Gasteiger partial charge is 0.234 e. The second kappa shape index (κ2) is 7.53. The van der Waals surface area contributed by atoms with Crippen molar-refractivity contribution >= 4 is 34.4 Å². The van der Waals surface area contributed by atoms with Crippen molar-refractivity contribution in [1.29, 1.82) is 0 Å². The second-order valence-electron chi connectivity index (χ2n) is 5.51. The Morgan fingerprint density at radius 3 is 2.58 bits per heavy atom. The number of carbonyl (C=O) groups excluding carboxylic acids is 1. The van der Waals surface area contributed by atoms with Crippen LogP contribution in [0.1, 0.15) is 19.4 Å². The highest BCUT2D eigenvalue weighted by atomic mass is 32.2. The van der Waals surface area contributed by atoms with E-state index in [0.717, 1.165) is 34.8 Å². The molecule has 0 aliphatic carbocycles. The number of nitrogens with one attached hydrogen (secondary N) is 1. The maximum Gasteiger partial charge on any atom is 0.234 e. The fourth-order valence-corrected chi connectivity index (χ4v) is 3.50. The zero-order valence-electron chi connectivity index (χ0n) is 14.0. The number of hydrogen-bond acceptors (Lipinski definition) is 3. The van der Waals surface area contributed by atoms with Gasteiger partial charge in [0.25, 0.3) is 0 Å². The molecule has 0 atom stereocenters. The summed E-state index contributed by atoms with van der Waals surface area (Å²) in [7, 11) is 0. The van der Waals surface area contributed by atoms with Crippen LogP contribution in [0.5, 0.6) is 0 Å². The molecule has 0 aliphatic heterocycles. The molecule has 4 nitrogen and oxygen atoms in total. The van der Waals surface area contributed by atoms with Crippen molar-refractivity contribution in [1.82, 2.24) is 9.55 Å². The van der Waals surface area contributed by atoms with Gasteiger partial charge >= 0.3 is 0 Å². The van der Waals surface area contributed by atoms with Gasteiger partial charge in [0, 0.05) is 12.2 Å². The van der Waals surface area contributed by atoms with Crippen LogP contribution < -0.4 is 5.32 Å². The highest BCUT2D eigenvalue weighted by Crippen LogP contribution is 2.24. The average Bonchev–Trinajstić information content (AvgIpc) is 2.98. The van der Waals surface area contributed by atoms with Gasteiger partial charge in [-0.25, -0.2) is 4.98 Å². The molecule has 3 aromatic rings. The molecule has 5 heteroatoms. The Labute approximate surface area is 146 Å². The first-order valence-corrected chi connectivity index (χ1v) is 9.16. The molecule has 0 unspecified atom stereocenters. The quantitative estimate of drug-likeness (QED) is 0.679. The van der Waals surface area contributed by atoms with Gasteiger partial charge in [-0.15, -0.1) is 0 Å². The summed E-state index contributed by atoms with van der Waals surface area (Å²) in [5.41, 5.74) is 4.18. The minimum atomic E-state index is -0.0149. The van der Waals surface area contributed by atoms with E-state index in [2.05, 4.69) is 34.8 Å². The van der Waals surface area contributed by atoms with Gasteiger partial charge < -0.3 is 9.88 Å². The minimum absolute atomic E-state index is 0.0149. The fourth-order valence-electron chi connectivity index (χ4n) is 2.62. The molecule has 3 rings (SSSR count). The number of fused-ring (bicyclic) bond motifs is 1. The number of rotatable bonds is 6. The number of thioether (sulfide) groups is 1. The largest absolute Gasteiger partial charge is 0.325 e. The van der Waals surface area contributed by atoms with E-state index in [1.54, 1.807) is 0 Å². The van der Waals surface area contributed by atoms with Crippen LogP contribution in [-0.4, -0.2) is 21.2 Å². The summed E-state index contributed by atoms with van der Waals surface area (Å²) < 4.78 is 2.14. The summed E-state index contributed by atoms with van der Waals surface area (Å²) >= 11 is 1.47. The van der Waals surface area contributed by atoms with E-state index in [9.17, 15) is 4.79 Å². The van der Waals surface area contributed by atoms with Crippen molar-refractivity contribution < 1.29 is 4.79 Å². The van der Waals surface area contributed by atoms with E-state index in [1.807, 2.05) is 42.5 Å². The topological polar surface area (TPSA) is 46.9 Å². The molecule has 2 aromatic carbocycles. The highest BCUT2D eigenvalue weighted by Gasteiger charge is 2.11. The second-order valence-corrected chi connectivity index (χ2v) is 6.46. The predicted molar refractivity (Wildman–Crippen MR) is 101 cm³/mol. The number of nitrogens with zero attached hydrogens (tertiary/aromatic N) is 2. The SMILES string of the molecule is CCc1ccc(NC(=O)CSc2nc3ccccc3n2CC)cc1. The Morgan fingerprint density at radius 2 is 1.88 bits per heavy atom. The Bertz CT molecular complexity index is 839. The highest BCUT2D eigenvalue weighted by molar-refractivity contribution is 7.99. The third-order valence-corrected chi connectivity index (χ3v) is 4.89. The van der Waals surface area contributed by atoms with Crippen molar-refractivity contribution in [3.8, 4) is 0 Å². The first kappa shape index (κ1) is 16.6. The lowest BCUT2D eigenvalue weighted by Crippen LogP contribution is -2.14. The van der Waals surface area contributed by atoms with E-state index in [1.165, 1.54) is 17.3 Å². The number of carbonyl (C=O) groups is 1. The first-order valence-electron chi connectivity index (χ1n) is 8.18. The molecular formula is C19H21N3OS. The monoisotopic (exact) mass is 339 g/mol. The Balaban J connectivity index is 1.65. The van der Waals surface area contributed by atoms with Gasteiger partial charge in [-0.2, -0.15) is 0 Å². The number of benzene rings is 2. The normalized spacial score (nSPS) is 10.9. The van der Waals surface area contributed by atoms with Gasteiger partial charge in [-0.05, 0) is 43.2 Å². The molecule has 0 spiro atoms. The lowest BCUT2D eigenvalue weighted by atomic mass is 10.1. The number of para-hydroxylation sites is 2. The predicted octanol–water partition coefficient (Wildman–Crippen LogP) is 4.35. The summed E-state index contributed by atoms with van der Waals surface area (Å²) in [5.74, 6) is 0.331. The molecular weight excluding hydrogens is 318 g/mol. The fraction of sp³-hybridized carbons (Fsp3) is 0.263. The van der Waals surface area contributed by atoms with Gasteiger partial charge in [-0.1, -0.05) is 43.0 Å². The van der Waals surface area contributed by atoms with E-state index in [4.69, 9.17) is 0 Å². The van der Waals surface area contributed by atoms with Crippen LogP contribution in [0.25, 0.3) is 11.0 Å². The summed E-state index contributed by atoms with van der Waals surface area (Å²) in [5, 5.41) is 3.82. The van der Waals surface area contributed by atoms with E-state index >= 15 is 0 Å². The standard InChI is InChI=1S/C19H21N3OS/c1-3-14-9-11-15(12-10-14)20-18(23)13-24-19-21-16-7-5-6-8-17(16)22(19)4-2/h5-12H,3-4,13H2,1-2H3,(H,20,23). The Kier molecular flexibility index (Phi) is 5.20. The van der Waals surface area contributed by atoms with E-state index in [-0.39, 0.29) is 5.91 Å². The Morgan fingerprint density at radius 1 is 1.12 bits per heavy atom. The van der Waals surface area contributed by atoms with Gasteiger partial charge in [0.05, 0.1) is 16.8 Å². The zero-order valence-corrected chi connectivity index (χ0v) is 14.8. The maximum atomic E-state index is 12.2. The van der Waals surface area contributed by atoms with Crippen molar-refractivity contribution in [3.05, 3.63) is 54.1 Å². The molecule has 1 N–H and O–H groups in total. The van der Waals surface area contributed by atoms with E-state index < -0.39 is 0 Å². The van der Waals surface area contributed by atoms with Crippen molar-refractivity contribution in [3.63, 3.8) is 0 Å². The molecule has 0 radical (unpaired) electrons. The molecule has 0 aliphatic rings. The lowest BCUT2D eigenvalue weighted by Gasteiger charge is -2.07. The number of amides is 1. The number of imidazole rings is 1. The minimum Gasteiger partial charge on any atom is -0.325 e. The maximum absolute atomic E-state index is 12.2. The summed E-state index contributed by atoms with van der Waals surface area (Å²) in [6, 6.07) is 16.0. The van der Waals surface area contributed by atoms with Gasteiger partial charge in [0.1, 0.15) is 0 Å². The third kappa shape index (κ3) is 3.62. The molecule has 0 fully saturated rings. The zero-order chi connectivity index (χ0) is 16.9. The average molecular weight is 339 g/mol. The van der Waals surface area contributed by atoms with Crippen LogP contribution >= 0.6 is 11.8 Å². The van der Waals surface area contributed by atoms with Crippen LogP contribution in [0.3, 0.4) is 0 Å². The molecule has 1 aromatic heterocycles. The van der Waals surface area contributed by atoms with Crippen LogP contribution in [0, 0.1) is 0 Å². The number of hydrogen-bond donors (Lipinski definition) is 1. The molecule has 124 valence electrons.